The first-order valence-electron chi connectivity index (χ1n) is 11.2. The molecular weight excluding hydrogens is 422 g/mol. The molecule has 0 saturated heterocycles. The van der Waals surface area contributed by atoms with Crippen LogP contribution in [0.1, 0.15) is 62.9 Å². The van der Waals surface area contributed by atoms with E-state index in [1.165, 1.54) is 16.9 Å². The van der Waals surface area contributed by atoms with E-state index in [0.29, 0.717) is 48.2 Å². The summed E-state index contributed by atoms with van der Waals surface area (Å²) in [7, 11) is 0. The van der Waals surface area contributed by atoms with E-state index in [1.807, 2.05) is 15.8 Å². The van der Waals surface area contributed by atoms with Crippen molar-refractivity contribution in [2.45, 2.75) is 65.5 Å². The predicted octanol–water partition coefficient (Wildman–Crippen LogP) is 4.28. The third-order valence-corrected chi connectivity index (χ3v) is 6.62. The van der Waals surface area contributed by atoms with Gasteiger partial charge in [-0.1, -0.05) is 51.5 Å². The molecule has 0 spiro atoms. The van der Waals surface area contributed by atoms with Crippen molar-refractivity contribution in [1.82, 2.24) is 24.5 Å². The summed E-state index contributed by atoms with van der Waals surface area (Å²) in [6.45, 7) is 7.54. The van der Waals surface area contributed by atoms with Gasteiger partial charge in [-0.25, -0.2) is 0 Å². The maximum Gasteiger partial charge on any atom is 0.272 e. The number of nitrogens with one attached hydrogen (secondary N) is 1. The Kier molecular flexibility index (Phi) is 6.69. The van der Waals surface area contributed by atoms with Crippen molar-refractivity contribution < 1.29 is 4.79 Å². The van der Waals surface area contributed by atoms with Crippen molar-refractivity contribution in [3.05, 3.63) is 63.0 Å². The maximum atomic E-state index is 12.9. The number of thiophene rings is 1. The van der Waals surface area contributed by atoms with Gasteiger partial charge in [-0.3, -0.25) is 18.6 Å². The minimum absolute atomic E-state index is 0.0175. The topological polar surface area (TPSA) is 81.3 Å². The van der Waals surface area contributed by atoms with Gasteiger partial charge in [0.05, 0.1) is 5.52 Å². The third-order valence-electron chi connectivity index (χ3n) is 5.73. The third kappa shape index (κ3) is 4.46. The second kappa shape index (κ2) is 9.65. The highest BCUT2D eigenvalue weighted by Gasteiger charge is 2.17. The fraction of sp³-hybridized carbons (Fsp3) is 0.417. The number of benzene rings is 1. The number of carbonyl (C=O) groups is 1. The molecule has 32 heavy (non-hydrogen) atoms. The molecule has 4 rings (SSSR count). The van der Waals surface area contributed by atoms with Gasteiger partial charge >= 0.3 is 0 Å². The van der Waals surface area contributed by atoms with Crippen molar-refractivity contribution in [3.63, 3.8) is 0 Å². The normalized spacial score (nSPS) is 11.6. The summed E-state index contributed by atoms with van der Waals surface area (Å²) in [5.74, 6) is 1.71. The Bertz CT molecular complexity index is 1280. The lowest BCUT2D eigenvalue weighted by Gasteiger charge is -2.09. The number of rotatable bonds is 9. The number of unbranched alkanes of at least 4 members (excludes halogenated alkanes) is 1. The summed E-state index contributed by atoms with van der Waals surface area (Å²) < 4.78 is 4.34. The Morgan fingerprint density at radius 2 is 1.94 bits per heavy atom. The Morgan fingerprint density at radius 1 is 1.16 bits per heavy atom. The van der Waals surface area contributed by atoms with Gasteiger partial charge in [0.2, 0.25) is 11.7 Å². The second-order valence-corrected chi connectivity index (χ2v) is 9.29. The van der Waals surface area contributed by atoms with Gasteiger partial charge < -0.3 is 5.32 Å². The van der Waals surface area contributed by atoms with Gasteiger partial charge in [0.25, 0.3) is 5.56 Å². The minimum atomic E-state index is -0.0319. The van der Waals surface area contributed by atoms with E-state index >= 15 is 0 Å². The van der Waals surface area contributed by atoms with E-state index in [2.05, 4.69) is 60.6 Å². The van der Waals surface area contributed by atoms with Crippen molar-refractivity contribution >= 4 is 33.2 Å². The number of hydrogen-bond donors (Lipinski definition) is 1. The van der Waals surface area contributed by atoms with Crippen LogP contribution in [0.4, 0.5) is 0 Å². The van der Waals surface area contributed by atoms with Crippen LogP contribution in [-0.2, 0) is 24.3 Å². The molecule has 0 aliphatic heterocycles. The first-order chi connectivity index (χ1) is 15.5. The molecule has 0 fully saturated rings. The highest BCUT2D eigenvalue weighted by Crippen LogP contribution is 2.20. The van der Waals surface area contributed by atoms with E-state index in [4.69, 9.17) is 0 Å². The standard InChI is InChI=1S/C24H29N5O2S/c1-4-5-13-28-23(31)22-19(12-14-32-22)29-20(26-27-24(28)29)10-11-21(30)25-15-17-6-8-18(9-7-17)16(2)3/h6-9,12,14,16H,4-5,10-11,13,15H2,1-3H3,(H,25,30). The average molecular weight is 452 g/mol. The van der Waals surface area contributed by atoms with Gasteiger partial charge in [0, 0.05) is 25.9 Å². The monoisotopic (exact) mass is 451 g/mol. The highest BCUT2D eigenvalue weighted by molar-refractivity contribution is 7.17. The zero-order valence-corrected chi connectivity index (χ0v) is 19.6. The van der Waals surface area contributed by atoms with Crippen LogP contribution < -0.4 is 10.9 Å². The summed E-state index contributed by atoms with van der Waals surface area (Å²) in [5.41, 5.74) is 3.16. The van der Waals surface area contributed by atoms with E-state index in [9.17, 15) is 9.59 Å². The van der Waals surface area contributed by atoms with Gasteiger partial charge in [0.1, 0.15) is 10.5 Å². The first kappa shape index (κ1) is 22.2. The molecule has 0 saturated carbocycles. The molecular formula is C24H29N5O2S. The van der Waals surface area contributed by atoms with Crippen molar-refractivity contribution in [2.75, 3.05) is 0 Å². The van der Waals surface area contributed by atoms with Crippen LogP contribution in [-0.4, -0.2) is 25.1 Å². The molecule has 1 N–H and O–H groups in total. The van der Waals surface area contributed by atoms with Gasteiger partial charge in [-0.05, 0) is 34.9 Å². The van der Waals surface area contributed by atoms with Gasteiger partial charge in [-0.2, -0.15) is 0 Å². The summed E-state index contributed by atoms with van der Waals surface area (Å²) >= 11 is 1.43. The average Bonchev–Trinajstić information content (AvgIpc) is 3.43. The van der Waals surface area contributed by atoms with E-state index in [-0.39, 0.29) is 11.5 Å². The molecule has 0 radical (unpaired) electrons. The van der Waals surface area contributed by atoms with Crippen molar-refractivity contribution in [2.24, 2.45) is 0 Å². The number of aromatic nitrogens is 4. The zero-order chi connectivity index (χ0) is 22.7. The minimum Gasteiger partial charge on any atom is -0.352 e. The largest absolute Gasteiger partial charge is 0.352 e. The van der Waals surface area contributed by atoms with Crippen LogP contribution in [0.15, 0.2) is 40.5 Å². The highest BCUT2D eigenvalue weighted by atomic mass is 32.1. The lowest BCUT2D eigenvalue weighted by molar-refractivity contribution is -0.121. The Balaban J connectivity index is 1.48. The molecule has 0 aliphatic carbocycles. The molecule has 0 aliphatic rings. The number of hydrogen-bond acceptors (Lipinski definition) is 5. The Hall–Kier alpha value is -3.00. The van der Waals surface area contributed by atoms with Gasteiger partial charge in [0.15, 0.2) is 0 Å². The lowest BCUT2D eigenvalue weighted by Crippen LogP contribution is -2.24. The molecule has 0 bridgehead atoms. The van der Waals surface area contributed by atoms with Crippen LogP contribution >= 0.6 is 11.3 Å². The Morgan fingerprint density at radius 3 is 2.66 bits per heavy atom. The maximum absolute atomic E-state index is 12.9. The fourth-order valence-corrected chi connectivity index (χ4v) is 4.62. The van der Waals surface area contributed by atoms with Crippen LogP contribution in [0.5, 0.6) is 0 Å². The second-order valence-electron chi connectivity index (χ2n) is 8.37. The zero-order valence-electron chi connectivity index (χ0n) is 18.8. The number of carbonyl (C=O) groups excluding carboxylic acids is 1. The first-order valence-corrected chi connectivity index (χ1v) is 12.1. The van der Waals surface area contributed by atoms with E-state index < -0.39 is 0 Å². The van der Waals surface area contributed by atoms with Crippen LogP contribution in [0.2, 0.25) is 0 Å². The fourth-order valence-electron chi connectivity index (χ4n) is 3.80. The number of fused-ring (bicyclic) bond motifs is 3. The smallest absolute Gasteiger partial charge is 0.272 e. The molecule has 3 heterocycles. The van der Waals surface area contributed by atoms with Crippen LogP contribution in [0.3, 0.4) is 0 Å². The Labute approximate surface area is 191 Å². The molecule has 0 unspecified atom stereocenters. The summed E-state index contributed by atoms with van der Waals surface area (Å²) in [6, 6.07) is 10.3. The molecule has 7 nitrogen and oxygen atoms in total. The van der Waals surface area contributed by atoms with E-state index in [0.717, 1.165) is 23.9 Å². The molecule has 8 heteroatoms. The predicted molar refractivity (Wildman–Crippen MR) is 128 cm³/mol. The summed E-state index contributed by atoms with van der Waals surface area (Å²) in [6.07, 6.45) is 2.65. The van der Waals surface area contributed by atoms with Gasteiger partial charge in [-0.15, -0.1) is 21.5 Å². The molecule has 0 atom stereocenters. The molecule has 3 aromatic heterocycles. The molecule has 168 valence electrons. The number of aryl methyl sites for hydroxylation is 2. The summed E-state index contributed by atoms with van der Waals surface area (Å²) in [4.78, 5) is 25.4. The molecule has 1 amide bonds. The number of nitrogens with zero attached hydrogens (tertiary/aromatic N) is 4. The van der Waals surface area contributed by atoms with Crippen LogP contribution in [0.25, 0.3) is 16.0 Å². The SMILES string of the molecule is CCCCn1c(=O)c2sccc2n2c(CCC(=O)NCc3ccc(C(C)C)cc3)nnc12. The van der Waals surface area contributed by atoms with Crippen molar-refractivity contribution in [1.29, 1.82) is 0 Å². The molecule has 4 aromatic rings. The van der Waals surface area contributed by atoms with E-state index in [1.54, 1.807) is 4.57 Å². The lowest BCUT2D eigenvalue weighted by atomic mass is 10.0. The molecule has 1 aromatic carbocycles. The number of amides is 1. The van der Waals surface area contributed by atoms with Crippen molar-refractivity contribution in [3.8, 4) is 0 Å². The quantitative estimate of drug-likeness (QED) is 0.412. The summed E-state index contributed by atoms with van der Waals surface area (Å²) in [5, 5.41) is 13.5. The van der Waals surface area contributed by atoms with Crippen LogP contribution in [0, 0.1) is 0 Å².